The molecule has 0 radical (unpaired) electrons. The minimum absolute atomic E-state index is 0.0321. The molecule has 0 spiro atoms. The highest BCUT2D eigenvalue weighted by Gasteiger charge is 2.00. The lowest BCUT2D eigenvalue weighted by atomic mass is 10.1. The summed E-state index contributed by atoms with van der Waals surface area (Å²) in [5.74, 6) is 0.927. The van der Waals surface area contributed by atoms with Gasteiger partial charge < -0.3 is 20.6 Å². The third-order valence-electron chi connectivity index (χ3n) is 2.37. The molecule has 0 aliphatic rings. The number of rotatable bonds is 7. The van der Waals surface area contributed by atoms with Crippen LogP contribution in [0.15, 0.2) is 29.4 Å². The van der Waals surface area contributed by atoms with E-state index in [0.29, 0.717) is 26.0 Å². The first-order chi connectivity index (χ1) is 11.5. The molecule has 134 valence electrons. The van der Waals surface area contributed by atoms with Gasteiger partial charge in [0, 0.05) is 18.4 Å². The smallest absolute Gasteiger partial charge is 0.220 e. The Kier molecular flexibility index (Phi) is 16.6. The zero-order valence-electron chi connectivity index (χ0n) is 14.8. The molecule has 0 aromatic heterocycles. The molecule has 0 bridgehead atoms. The summed E-state index contributed by atoms with van der Waals surface area (Å²) >= 11 is 0. The van der Waals surface area contributed by atoms with Crippen molar-refractivity contribution in [1.29, 1.82) is 0 Å². The van der Waals surface area contributed by atoms with Crippen molar-refractivity contribution in [3.63, 3.8) is 0 Å². The molecule has 0 fully saturated rings. The van der Waals surface area contributed by atoms with E-state index in [1.54, 1.807) is 7.05 Å². The third kappa shape index (κ3) is 15.8. The molecule has 1 rings (SSSR count). The lowest BCUT2D eigenvalue weighted by molar-refractivity contribution is -0.120. The number of benzene rings is 1. The fourth-order valence-corrected chi connectivity index (χ4v) is 1.38. The van der Waals surface area contributed by atoms with E-state index < -0.39 is 0 Å². The molecule has 1 amide bonds. The van der Waals surface area contributed by atoms with E-state index in [2.05, 4.69) is 21.1 Å². The van der Waals surface area contributed by atoms with Gasteiger partial charge in [0.1, 0.15) is 11.5 Å². The first-order valence-electron chi connectivity index (χ1n) is 7.47. The van der Waals surface area contributed by atoms with Crippen LogP contribution in [0.3, 0.4) is 0 Å². The number of nitrogens with zero attached hydrogens (tertiary/aromatic N) is 3. The summed E-state index contributed by atoms with van der Waals surface area (Å²) in [6, 6.07) is 7.53. The quantitative estimate of drug-likeness (QED) is 0.342. The number of ether oxygens (including phenoxy) is 1. The second-order valence-corrected chi connectivity index (χ2v) is 4.53. The number of hydrogen-bond acceptors (Lipinski definition) is 5. The average molecular weight is 337 g/mol. The van der Waals surface area contributed by atoms with Gasteiger partial charge in [-0.15, -0.1) is 0 Å². The molecule has 8 heteroatoms. The van der Waals surface area contributed by atoms with Crippen LogP contribution >= 0.6 is 0 Å². The molecule has 3 N–H and O–H groups in total. The van der Waals surface area contributed by atoms with Crippen molar-refractivity contribution in [1.82, 2.24) is 5.32 Å². The highest BCUT2D eigenvalue weighted by molar-refractivity contribution is 5.75. The van der Waals surface area contributed by atoms with Gasteiger partial charge in [-0.2, -0.15) is 0 Å². The second-order valence-electron chi connectivity index (χ2n) is 4.53. The molecule has 0 saturated heterocycles. The summed E-state index contributed by atoms with van der Waals surface area (Å²) in [6.07, 6.45) is 1.19. The monoisotopic (exact) mass is 337 g/mol. The molecule has 0 saturated carbocycles. The zero-order chi connectivity index (χ0) is 18.8. The molecule has 1 aromatic rings. The third-order valence-corrected chi connectivity index (χ3v) is 2.37. The predicted octanol–water partition coefficient (Wildman–Crippen LogP) is 2.22. The topological polar surface area (TPSA) is 130 Å². The Morgan fingerprint density at radius 2 is 1.79 bits per heavy atom. The van der Waals surface area contributed by atoms with Gasteiger partial charge >= 0.3 is 0 Å². The van der Waals surface area contributed by atoms with Crippen LogP contribution in [-0.2, 0) is 16.0 Å². The maximum absolute atomic E-state index is 11.1. The van der Waals surface area contributed by atoms with Gasteiger partial charge in [0.15, 0.2) is 0 Å². The van der Waals surface area contributed by atoms with Gasteiger partial charge in [0.2, 0.25) is 5.91 Å². The molecular weight excluding hydrogens is 310 g/mol. The van der Waals surface area contributed by atoms with Gasteiger partial charge in [0.05, 0.1) is 13.2 Å². The van der Waals surface area contributed by atoms with E-state index >= 15 is 0 Å². The van der Waals surface area contributed by atoms with Gasteiger partial charge in [0.25, 0.3) is 0 Å². The van der Waals surface area contributed by atoms with E-state index in [0.717, 1.165) is 11.3 Å². The zero-order valence-corrected chi connectivity index (χ0v) is 14.8. The molecule has 0 unspecified atom stereocenters. The van der Waals surface area contributed by atoms with Crippen LogP contribution in [0.4, 0.5) is 0 Å². The van der Waals surface area contributed by atoms with Gasteiger partial charge in [-0.1, -0.05) is 17.2 Å². The summed E-state index contributed by atoms with van der Waals surface area (Å²) in [5, 5.41) is 5.96. The van der Waals surface area contributed by atoms with Crippen molar-refractivity contribution in [3.8, 4) is 5.75 Å². The van der Waals surface area contributed by atoms with Crippen molar-refractivity contribution in [2.75, 3.05) is 27.2 Å². The van der Waals surface area contributed by atoms with Crippen LogP contribution in [0, 0.1) is 0 Å². The number of carbonyl (C=O) groups is 2. The number of nitrogens with one attached hydrogen (secondary N) is 1. The lowest BCUT2D eigenvalue weighted by Gasteiger charge is -2.05. The summed E-state index contributed by atoms with van der Waals surface area (Å²) in [6.45, 7) is 3.73. The maximum Gasteiger partial charge on any atom is 0.220 e. The highest BCUT2D eigenvalue weighted by Crippen LogP contribution is 2.13. The van der Waals surface area contributed by atoms with Crippen LogP contribution in [0.1, 0.15) is 25.8 Å². The van der Waals surface area contributed by atoms with E-state index in [4.69, 9.17) is 10.3 Å². The SMILES string of the molecule is CC(C)=O.CN.CNC(=O)CCc1ccc(OCCN=[N+]=[N-])cc1. The minimum atomic E-state index is 0.0321. The normalized spacial score (nSPS) is 8.38. The molecule has 0 aliphatic carbocycles. The average Bonchev–Trinajstić information content (AvgIpc) is 2.59. The number of ketones is 1. The van der Waals surface area contributed by atoms with E-state index in [9.17, 15) is 9.59 Å². The number of nitrogens with two attached hydrogens (primary N) is 1. The molecule has 8 nitrogen and oxygen atoms in total. The Labute approximate surface area is 143 Å². The van der Waals surface area contributed by atoms with Gasteiger partial charge in [-0.05, 0) is 50.5 Å². The van der Waals surface area contributed by atoms with Crippen molar-refractivity contribution in [2.24, 2.45) is 10.8 Å². The van der Waals surface area contributed by atoms with Crippen LogP contribution in [0.25, 0.3) is 10.4 Å². The molecule has 0 heterocycles. The Bertz CT molecular complexity index is 507. The molecule has 24 heavy (non-hydrogen) atoms. The highest BCUT2D eigenvalue weighted by atomic mass is 16.5. The Morgan fingerprint density at radius 3 is 2.25 bits per heavy atom. The Morgan fingerprint density at radius 1 is 1.25 bits per heavy atom. The summed E-state index contributed by atoms with van der Waals surface area (Å²) in [4.78, 5) is 23.2. The molecular formula is C16H27N5O3. The van der Waals surface area contributed by atoms with Crippen molar-refractivity contribution in [2.45, 2.75) is 26.7 Å². The van der Waals surface area contributed by atoms with Crippen LogP contribution in [0.5, 0.6) is 5.75 Å². The van der Waals surface area contributed by atoms with Gasteiger partial charge in [-0.25, -0.2) is 0 Å². The molecule has 0 aliphatic heterocycles. The summed E-state index contributed by atoms with van der Waals surface area (Å²) in [7, 11) is 3.13. The lowest BCUT2D eigenvalue weighted by Crippen LogP contribution is -2.17. The maximum atomic E-state index is 11.1. The van der Waals surface area contributed by atoms with Crippen molar-refractivity contribution >= 4 is 11.7 Å². The van der Waals surface area contributed by atoms with E-state index in [1.165, 1.54) is 20.9 Å². The van der Waals surface area contributed by atoms with E-state index in [1.807, 2.05) is 24.3 Å². The first kappa shape index (κ1) is 23.7. The predicted molar refractivity (Wildman–Crippen MR) is 94.8 cm³/mol. The number of aryl methyl sites for hydroxylation is 1. The Balaban J connectivity index is 0. The second kappa shape index (κ2) is 16.8. The Hall–Kier alpha value is -2.57. The minimum Gasteiger partial charge on any atom is -0.493 e. The number of azide groups is 1. The number of amides is 1. The number of carbonyl (C=O) groups excluding carboxylic acids is 2. The fraction of sp³-hybridized carbons (Fsp3) is 0.500. The number of Topliss-reactive ketones (excluding diaryl/α,β-unsaturated/α-hetero) is 1. The van der Waals surface area contributed by atoms with Crippen molar-refractivity contribution in [3.05, 3.63) is 40.3 Å². The van der Waals surface area contributed by atoms with Crippen LogP contribution in [-0.4, -0.2) is 38.9 Å². The summed E-state index contributed by atoms with van der Waals surface area (Å²) < 4.78 is 5.37. The number of hydrogen-bond donors (Lipinski definition) is 2. The standard InChI is InChI=1S/C12H16N4O2.C3H6O.CH5N/c1-14-12(17)7-4-10-2-5-11(6-3-10)18-9-8-15-16-13;1-3(2)4;1-2/h2-3,5-6H,4,7-9H2,1H3,(H,14,17);1-2H3;2H2,1H3. The van der Waals surface area contributed by atoms with Crippen LogP contribution in [0.2, 0.25) is 0 Å². The largest absolute Gasteiger partial charge is 0.493 e. The van der Waals surface area contributed by atoms with E-state index in [-0.39, 0.29) is 11.7 Å². The molecule has 0 atom stereocenters. The summed E-state index contributed by atoms with van der Waals surface area (Å²) in [5.41, 5.74) is 13.7. The van der Waals surface area contributed by atoms with Crippen LogP contribution < -0.4 is 15.8 Å². The molecule has 1 aromatic carbocycles. The fourth-order valence-electron chi connectivity index (χ4n) is 1.38. The van der Waals surface area contributed by atoms with Crippen molar-refractivity contribution < 1.29 is 14.3 Å². The van der Waals surface area contributed by atoms with Gasteiger partial charge in [-0.3, -0.25) is 4.79 Å². The first-order valence-corrected chi connectivity index (χ1v) is 7.47.